The Morgan fingerprint density at radius 2 is 1.77 bits per heavy atom. The van der Waals surface area contributed by atoms with Gasteiger partial charge in [-0.15, -0.1) is 0 Å². The average Bonchev–Trinajstić information content (AvgIpc) is 2.55. The smallest absolute Gasteiger partial charge is 0.255 e. The van der Waals surface area contributed by atoms with Gasteiger partial charge in [0.05, 0.1) is 11.9 Å². The quantitative estimate of drug-likeness (QED) is 0.802. The van der Waals surface area contributed by atoms with Crippen molar-refractivity contribution in [1.29, 1.82) is 0 Å². The second kappa shape index (κ2) is 5.85. The number of pyridine rings is 1. The molecule has 110 valence electrons. The Hall–Kier alpha value is -2.88. The van der Waals surface area contributed by atoms with Gasteiger partial charge in [0, 0.05) is 19.7 Å². The van der Waals surface area contributed by atoms with Crippen LogP contribution in [0.3, 0.4) is 0 Å². The van der Waals surface area contributed by atoms with Gasteiger partial charge in [-0.25, -0.2) is 4.98 Å². The van der Waals surface area contributed by atoms with Crippen LogP contribution < -0.4 is 10.2 Å². The Morgan fingerprint density at radius 3 is 2.45 bits per heavy atom. The van der Waals surface area contributed by atoms with Gasteiger partial charge in [-0.1, -0.05) is 30.3 Å². The largest absolute Gasteiger partial charge is 0.363 e. The normalized spacial score (nSPS) is 10.5. The Labute approximate surface area is 129 Å². The van der Waals surface area contributed by atoms with Gasteiger partial charge in [0.1, 0.15) is 5.82 Å². The van der Waals surface area contributed by atoms with Gasteiger partial charge in [-0.05, 0) is 35.0 Å². The molecule has 0 radical (unpaired) electrons. The number of hydrogen-bond acceptors (Lipinski definition) is 3. The lowest BCUT2D eigenvalue weighted by Crippen LogP contribution is -2.13. The SMILES string of the molecule is CN(C)c1ccc(NC(=O)c2ccc3ccccc3c2)cn1. The summed E-state index contributed by atoms with van der Waals surface area (Å²) in [6.45, 7) is 0. The van der Waals surface area contributed by atoms with Crippen LogP contribution in [-0.2, 0) is 0 Å². The lowest BCUT2D eigenvalue weighted by Gasteiger charge is -2.11. The number of nitrogens with one attached hydrogen (secondary N) is 1. The zero-order valence-electron chi connectivity index (χ0n) is 12.6. The molecule has 1 heterocycles. The summed E-state index contributed by atoms with van der Waals surface area (Å²) in [6.07, 6.45) is 1.66. The van der Waals surface area contributed by atoms with E-state index < -0.39 is 0 Å². The molecule has 2 aromatic carbocycles. The molecule has 1 N–H and O–H groups in total. The van der Waals surface area contributed by atoms with Crippen LogP contribution in [0.4, 0.5) is 11.5 Å². The maximum atomic E-state index is 12.3. The zero-order chi connectivity index (χ0) is 15.5. The van der Waals surface area contributed by atoms with Crippen LogP contribution in [0.5, 0.6) is 0 Å². The minimum absolute atomic E-state index is 0.134. The van der Waals surface area contributed by atoms with Gasteiger partial charge in [0.15, 0.2) is 0 Å². The third kappa shape index (κ3) is 2.91. The van der Waals surface area contributed by atoms with Crippen LogP contribution in [0.25, 0.3) is 10.8 Å². The number of fused-ring (bicyclic) bond motifs is 1. The second-order valence-electron chi connectivity index (χ2n) is 5.32. The van der Waals surface area contributed by atoms with Crippen molar-refractivity contribution >= 4 is 28.2 Å². The standard InChI is InChI=1S/C18H17N3O/c1-21(2)17-10-9-16(12-19-17)20-18(22)15-8-7-13-5-3-4-6-14(13)11-15/h3-12H,1-2H3,(H,20,22). The molecule has 0 aliphatic carbocycles. The molecule has 3 rings (SSSR count). The van der Waals surface area contributed by atoms with Crippen molar-refractivity contribution in [1.82, 2.24) is 4.98 Å². The molecular weight excluding hydrogens is 274 g/mol. The highest BCUT2D eigenvalue weighted by atomic mass is 16.1. The fourth-order valence-corrected chi connectivity index (χ4v) is 2.26. The van der Waals surface area contributed by atoms with Crippen LogP contribution in [0.1, 0.15) is 10.4 Å². The average molecular weight is 291 g/mol. The van der Waals surface area contributed by atoms with Gasteiger partial charge in [-0.3, -0.25) is 4.79 Å². The van der Waals surface area contributed by atoms with E-state index in [0.717, 1.165) is 16.6 Å². The number of carbonyl (C=O) groups excluding carboxylic acids is 1. The Morgan fingerprint density at radius 1 is 1.00 bits per heavy atom. The van der Waals surface area contributed by atoms with E-state index >= 15 is 0 Å². The Kier molecular flexibility index (Phi) is 3.74. The molecule has 0 fully saturated rings. The second-order valence-corrected chi connectivity index (χ2v) is 5.32. The van der Waals surface area contributed by atoms with Gasteiger partial charge in [0.25, 0.3) is 5.91 Å². The number of rotatable bonds is 3. The van der Waals surface area contributed by atoms with Crippen molar-refractivity contribution in [2.45, 2.75) is 0 Å². The molecule has 1 amide bonds. The van der Waals surface area contributed by atoms with Crippen LogP contribution in [0, 0.1) is 0 Å². The molecule has 1 aromatic heterocycles. The lowest BCUT2D eigenvalue weighted by molar-refractivity contribution is 0.102. The predicted octanol–water partition coefficient (Wildman–Crippen LogP) is 3.55. The van der Waals surface area contributed by atoms with E-state index in [4.69, 9.17) is 0 Å². The Bertz CT molecular complexity index is 810. The van der Waals surface area contributed by atoms with Crippen molar-refractivity contribution < 1.29 is 4.79 Å². The third-order valence-electron chi connectivity index (χ3n) is 3.48. The first-order chi connectivity index (χ1) is 10.6. The summed E-state index contributed by atoms with van der Waals surface area (Å²) in [5.41, 5.74) is 1.32. The molecular formula is C18H17N3O. The summed E-state index contributed by atoms with van der Waals surface area (Å²) < 4.78 is 0. The van der Waals surface area contributed by atoms with Crippen molar-refractivity contribution in [2.75, 3.05) is 24.3 Å². The molecule has 4 heteroatoms. The molecule has 0 spiro atoms. The summed E-state index contributed by atoms with van der Waals surface area (Å²) in [4.78, 5) is 18.5. The predicted molar refractivity (Wildman–Crippen MR) is 90.5 cm³/mol. The van der Waals surface area contributed by atoms with Crippen molar-refractivity contribution in [3.63, 3.8) is 0 Å². The van der Waals surface area contributed by atoms with E-state index in [2.05, 4.69) is 10.3 Å². The molecule has 0 saturated heterocycles. The van der Waals surface area contributed by atoms with Crippen molar-refractivity contribution in [2.24, 2.45) is 0 Å². The molecule has 3 aromatic rings. The first-order valence-corrected chi connectivity index (χ1v) is 7.07. The van der Waals surface area contributed by atoms with Crippen LogP contribution in [-0.4, -0.2) is 25.0 Å². The minimum Gasteiger partial charge on any atom is -0.363 e. The Balaban J connectivity index is 1.80. The van der Waals surface area contributed by atoms with Crippen LogP contribution >= 0.6 is 0 Å². The van der Waals surface area contributed by atoms with Crippen molar-refractivity contribution in [3.8, 4) is 0 Å². The van der Waals surface area contributed by atoms with Crippen LogP contribution in [0.2, 0.25) is 0 Å². The third-order valence-corrected chi connectivity index (χ3v) is 3.48. The van der Waals surface area contributed by atoms with E-state index in [9.17, 15) is 4.79 Å². The van der Waals surface area contributed by atoms with Gasteiger partial charge < -0.3 is 10.2 Å². The fraction of sp³-hybridized carbons (Fsp3) is 0.111. The molecule has 0 aliphatic heterocycles. The minimum atomic E-state index is -0.134. The molecule has 4 nitrogen and oxygen atoms in total. The van der Waals surface area contributed by atoms with Crippen molar-refractivity contribution in [3.05, 3.63) is 66.4 Å². The lowest BCUT2D eigenvalue weighted by atomic mass is 10.1. The first-order valence-electron chi connectivity index (χ1n) is 7.07. The summed E-state index contributed by atoms with van der Waals surface area (Å²) in [6, 6.07) is 17.4. The summed E-state index contributed by atoms with van der Waals surface area (Å²) >= 11 is 0. The highest BCUT2D eigenvalue weighted by Crippen LogP contribution is 2.17. The van der Waals surface area contributed by atoms with Gasteiger partial charge >= 0.3 is 0 Å². The highest BCUT2D eigenvalue weighted by molar-refractivity contribution is 6.06. The van der Waals surface area contributed by atoms with Gasteiger partial charge in [-0.2, -0.15) is 0 Å². The molecule has 0 bridgehead atoms. The van der Waals surface area contributed by atoms with Gasteiger partial charge in [0.2, 0.25) is 0 Å². The number of amides is 1. The molecule has 0 unspecified atom stereocenters. The van der Waals surface area contributed by atoms with Crippen LogP contribution in [0.15, 0.2) is 60.8 Å². The topological polar surface area (TPSA) is 45.2 Å². The highest BCUT2D eigenvalue weighted by Gasteiger charge is 2.07. The molecule has 22 heavy (non-hydrogen) atoms. The maximum Gasteiger partial charge on any atom is 0.255 e. The van der Waals surface area contributed by atoms with E-state index in [1.54, 1.807) is 6.20 Å². The number of nitrogens with zero attached hydrogens (tertiary/aromatic N) is 2. The molecule has 0 atom stereocenters. The number of anilines is 2. The van der Waals surface area contributed by atoms with E-state index in [1.807, 2.05) is 73.6 Å². The number of benzene rings is 2. The van der Waals surface area contributed by atoms with E-state index in [-0.39, 0.29) is 5.91 Å². The molecule has 0 aliphatic rings. The van der Waals surface area contributed by atoms with E-state index in [0.29, 0.717) is 11.3 Å². The maximum absolute atomic E-state index is 12.3. The number of carbonyl (C=O) groups is 1. The monoisotopic (exact) mass is 291 g/mol. The molecule has 0 saturated carbocycles. The number of hydrogen-bond donors (Lipinski definition) is 1. The fourth-order valence-electron chi connectivity index (χ4n) is 2.26. The number of aromatic nitrogens is 1. The van der Waals surface area contributed by atoms with E-state index in [1.165, 1.54) is 0 Å². The summed E-state index contributed by atoms with van der Waals surface area (Å²) in [5.74, 6) is 0.717. The summed E-state index contributed by atoms with van der Waals surface area (Å²) in [5, 5.41) is 5.04. The first kappa shape index (κ1) is 14.1. The zero-order valence-corrected chi connectivity index (χ0v) is 12.6. The summed E-state index contributed by atoms with van der Waals surface area (Å²) in [7, 11) is 3.85.